The molecule has 1 saturated heterocycles. The van der Waals surface area contributed by atoms with Crippen LogP contribution >= 0.6 is 0 Å². The van der Waals surface area contributed by atoms with Gasteiger partial charge in [0.2, 0.25) is 12.4 Å². The van der Waals surface area contributed by atoms with Gasteiger partial charge in [0.25, 0.3) is 0 Å². The lowest BCUT2D eigenvalue weighted by Gasteiger charge is -2.46. The van der Waals surface area contributed by atoms with E-state index in [0.717, 1.165) is 6.92 Å². The van der Waals surface area contributed by atoms with Crippen molar-refractivity contribution in [2.45, 2.75) is 117 Å². The van der Waals surface area contributed by atoms with Crippen molar-refractivity contribution in [3.63, 3.8) is 0 Å². The highest BCUT2D eigenvalue weighted by atomic mass is 28.4. The minimum atomic E-state index is -2.35. The van der Waals surface area contributed by atoms with Crippen LogP contribution in [0.1, 0.15) is 69.2 Å². The van der Waals surface area contributed by atoms with Gasteiger partial charge in [-0.05, 0) is 16.6 Å². The molecule has 1 aliphatic heterocycles. The third kappa shape index (κ3) is 7.51. The Balaban J connectivity index is 3.47. The molecule has 0 bridgehead atoms. The Morgan fingerprint density at radius 2 is 1.03 bits per heavy atom. The van der Waals surface area contributed by atoms with Gasteiger partial charge in [-0.25, -0.2) is 0 Å². The first-order valence-corrected chi connectivity index (χ1v) is 13.8. The molecule has 1 rings (SSSR count). The Labute approximate surface area is 203 Å². The van der Waals surface area contributed by atoms with E-state index in [9.17, 15) is 19.2 Å². The van der Waals surface area contributed by atoms with E-state index in [1.807, 2.05) is 0 Å². The molecule has 11 heteroatoms. The molecule has 0 aromatic rings. The highest BCUT2D eigenvalue weighted by Crippen LogP contribution is 2.43. The maximum absolute atomic E-state index is 12.0. The SMILES string of the molecule is CC(=O)O[C@@H]1O[C@H](CO[Si](C(C)C)(C(C)C)C(C)C)[C@@H](OC(C)=O)[C@H](OC(C)=O)[C@H]1OC(C)=O. The van der Waals surface area contributed by atoms with Gasteiger partial charge in [-0.3, -0.25) is 19.2 Å². The van der Waals surface area contributed by atoms with Crippen LogP contribution in [-0.4, -0.2) is 69.5 Å². The average molecular weight is 505 g/mol. The van der Waals surface area contributed by atoms with E-state index < -0.39 is 62.9 Å². The zero-order chi connectivity index (χ0) is 26.4. The maximum Gasteiger partial charge on any atom is 0.305 e. The molecule has 0 aliphatic carbocycles. The van der Waals surface area contributed by atoms with Crippen molar-refractivity contribution >= 4 is 32.2 Å². The zero-order valence-corrected chi connectivity index (χ0v) is 22.9. The molecule has 0 spiro atoms. The number of hydrogen-bond acceptors (Lipinski definition) is 10. The second kappa shape index (κ2) is 12.6. The van der Waals surface area contributed by atoms with E-state index in [2.05, 4.69) is 41.5 Å². The van der Waals surface area contributed by atoms with Gasteiger partial charge in [0.1, 0.15) is 6.10 Å². The topological polar surface area (TPSA) is 124 Å². The number of ether oxygens (including phenoxy) is 5. The lowest BCUT2D eigenvalue weighted by molar-refractivity contribution is -0.299. The molecule has 1 aliphatic rings. The van der Waals surface area contributed by atoms with Gasteiger partial charge >= 0.3 is 23.9 Å². The normalized spacial score (nSPS) is 25.3. The lowest BCUT2D eigenvalue weighted by atomic mass is 9.98. The molecule has 1 fully saturated rings. The fourth-order valence-corrected chi connectivity index (χ4v) is 10.4. The highest BCUT2D eigenvalue weighted by Gasteiger charge is 2.54. The van der Waals surface area contributed by atoms with Crippen molar-refractivity contribution in [2.75, 3.05) is 6.61 Å². The van der Waals surface area contributed by atoms with Gasteiger partial charge in [0.05, 0.1) is 6.61 Å². The third-order valence-corrected chi connectivity index (χ3v) is 12.1. The molecule has 10 nitrogen and oxygen atoms in total. The molecule has 34 heavy (non-hydrogen) atoms. The van der Waals surface area contributed by atoms with Gasteiger partial charge in [-0.2, -0.15) is 0 Å². The first-order chi connectivity index (χ1) is 15.6. The van der Waals surface area contributed by atoms with E-state index in [1.165, 1.54) is 20.8 Å². The van der Waals surface area contributed by atoms with Gasteiger partial charge < -0.3 is 28.1 Å². The summed E-state index contributed by atoms with van der Waals surface area (Å²) < 4.78 is 34.1. The predicted molar refractivity (Wildman–Crippen MR) is 124 cm³/mol. The smallest absolute Gasteiger partial charge is 0.305 e. The third-order valence-electron chi connectivity index (χ3n) is 5.98. The molecule has 5 atom stereocenters. The first kappa shape index (κ1) is 30.0. The van der Waals surface area contributed by atoms with Crippen LogP contribution in [0, 0.1) is 0 Å². The first-order valence-electron chi connectivity index (χ1n) is 11.6. The molecular formula is C23H40O10Si. The number of rotatable bonds is 10. The Morgan fingerprint density at radius 3 is 1.41 bits per heavy atom. The Bertz CT molecular complexity index is 713. The predicted octanol–water partition coefficient (Wildman–Crippen LogP) is 3.26. The summed E-state index contributed by atoms with van der Waals surface area (Å²) >= 11 is 0. The van der Waals surface area contributed by atoms with Crippen molar-refractivity contribution in [1.82, 2.24) is 0 Å². The minimum Gasteiger partial charge on any atom is -0.456 e. The molecule has 0 amide bonds. The number of carbonyl (C=O) groups is 4. The van der Waals surface area contributed by atoms with Crippen LogP contribution in [0.15, 0.2) is 0 Å². The molecule has 0 aromatic carbocycles. The van der Waals surface area contributed by atoms with Crippen molar-refractivity contribution < 1.29 is 47.3 Å². The number of carbonyl (C=O) groups excluding carboxylic acids is 4. The molecule has 0 aromatic heterocycles. The van der Waals surface area contributed by atoms with Crippen LogP contribution in [-0.2, 0) is 47.3 Å². The second-order valence-corrected chi connectivity index (χ2v) is 15.0. The van der Waals surface area contributed by atoms with Crippen LogP contribution in [0.3, 0.4) is 0 Å². The second-order valence-electron chi connectivity index (χ2n) is 9.50. The summed E-state index contributed by atoms with van der Waals surface area (Å²) in [6, 6.07) is 0. The Hall–Kier alpha value is -1.98. The van der Waals surface area contributed by atoms with Crippen molar-refractivity contribution in [1.29, 1.82) is 0 Å². The summed E-state index contributed by atoms with van der Waals surface area (Å²) in [5.74, 6) is -2.75. The fraction of sp³-hybridized carbons (Fsp3) is 0.826. The Kier molecular flexibility index (Phi) is 11.2. The van der Waals surface area contributed by atoms with Gasteiger partial charge in [0.15, 0.2) is 20.5 Å². The number of esters is 4. The standard InChI is InChI=1S/C23H40O10Si/c1-12(2)34(13(3)4,14(5)6)28-11-19-20(29-15(7)24)21(30-16(8)25)22(31-17(9)26)23(33-19)32-18(10)27/h12-14,19-23H,11H2,1-10H3/t19-,20-,21+,22-,23-/m1/s1. The summed E-state index contributed by atoms with van der Waals surface area (Å²) in [7, 11) is -2.35. The van der Waals surface area contributed by atoms with Gasteiger partial charge in [-0.15, -0.1) is 0 Å². The van der Waals surface area contributed by atoms with E-state index in [-0.39, 0.29) is 23.2 Å². The van der Waals surface area contributed by atoms with Crippen molar-refractivity contribution in [3.8, 4) is 0 Å². The summed E-state index contributed by atoms with van der Waals surface area (Å²) in [5, 5.41) is 0. The fourth-order valence-electron chi connectivity index (χ4n) is 4.97. The van der Waals surface area contributed by atoms with Crippen molar-refractivity contribution in [2.24, 2.45) is 0 Å². The average Bonchev–Trinajstić information content (AvgIpc) is 2.65. The largest absolute Gasteiger partial charge is 0.456 e. The minimum absolute atomic E-state index is 0.00102. The molecule has 1 heterocycles. The molecule has 0 radical (unpaired) electrons. The van der Waals surface area contributed by atoms with Gasteiger partial charge in [0, 0.05) is 27.7 Å². The van der Waals surface area contributed by atoms with E-state index in [4.69, 9.17) is 28.1 Å². The summed E-state index contributed by atoms with van der Waals surface area (Å²) in [6.45, 7) is 17.4. The lowest BCUT2D eigenvalue weighted by Crippen LogP contribution is -2.63. The molecule has 196 valence electrons. The summed E-state index contributed by atoms with van der Waals surface area (Å²) in [5.41, 5.74) is 0.807. The van der Waals surface area contributed by atoms with Gasteiger partial charge in [-0.1, -0.05) is 41.5 Å². The maximum atomic E-state index is 12.0. The Morgan fingerprint density at radius 1 is 0.647 bits per heavy atom. The molecule has 0 saturated carbocycles. The molecule has 0 N–H and O–H groups in total. The quantitative estimate of drug-likeness (QED) is 0.249. The van der Waals surface area contributed by atoms with Crippen LogP contribution in [0.5, 0.6) is 0 Å². The van der Waals surface area contributed by atoms with Crippen LogP contribution < -0.4 is 0 Å². The van der Waals surface area contributed by atoms with E-state index in [1.54, 1.807) is 0 Å². The van der Waals surface area contributed by atoms with Crippen LogP contribution in [0.4, 0.5) is 0 Å². The van der Waals surface area contributed by atoms with Crippen LogP contribution in [0.25, 0.3) is 0 Å². The van der Waals surface area contributed by atoms with E-state index >= 15 is 0 Å². The number of hydrogen-bond donors (Lipinski definition) is 0. The summed E-state index contributed by atoms with van der Waals surface area (Å²) in [4.78, 5) is 47.4. The zero-order valence-electron chi connectivity index (χ0n) is 21.9. The van der Waals surface area contributed by atoms with Crippen molar-refractivity contribution in [3.05, 3.63) is 0 Å². The highest BCUT2D eigenvalue weighted by molar-refractivity contribution is 6.77. The summed E-state index contributed by atoms with van der Waals surface area (Å²) in [6.07, 6.45) is -6.11. The van der Waals surface area contributed by atoms with Crippen LogP contribution in [0.2, 0.25) is 16.6 Å². The monoisotopic (exact) mass is 504 g/mol. The van der Waals surface area contributed by atoms with E-state index in [0.29, 0.717) is 0 Å². The molecular weight excluding hydrogens is 464 g/mol. The molecule has 0 unspecified atom stereocenters.